The van der Waals surface area contributed by atoms with Gasteiger partial charge >= 0.3 is 0 Å². The zero-order chi connectivity index (χ0) is 16.8. The molecule has 2 rings (SSSR count). The molecule has 1 aromatic rings. The smallest absolute Gasteiger partial charge is 0.162 e. The van der Waals surface area contributed by atoms with Crippen molar-refractivity contribution in [1.29, 1.82) is 0 Å². The number of ketones is 1. The van der Waals surface area contributed by atoms with E-state index in [4.69, 9.17) is 4.74 Å². The molecule has 0 saturated carbocycles. The van der Waals surface area contributed by atoms with Crippen molar-refractivity contribution in [2.75, 3.05) is 13.2 Å². The van der Waals surface area contributed by atoms with Crippen molar-refractivity contribution < 1.29 is 14.6 Å². The summed E-state index contributed by atoms with van der Waals surface area (Å²) in [6, 6.07) is 8.19. The molecule has 0 amide bonds. The fourth-order valence-corrected chi connectivity index (χ4v) is 3.26. The quantitative estimate of drug-likeness (QED) is 0.757. The molecule has 0 radical (unpaired) electrons. The number of aliphatic hydroxyl groups excluding tert-OH is 1. The minimum absolute atomic E-state index is 0. The van der Waals surface area contributed by atoms with Crippen LogP contribution in [0.1, 0.15) is 56.8 Å². The average molecular weight is 356 g/mol. The first kappa shape index (κ1) is 20.9. The van der Waals surface area contributed by atoms with E-state index in [0.29, 0.717) is 36.4 Å². The summed E-state index contributed by atoms with van der Waals surface area (Å²) in [7, 11) is 0. The van der Waals surface area contributed by atoms with Gasteiger partial charge in [-0.2, -0.15) is 0 Å². The summed E-state index contributed by atoms with van der Waals surface area (Å²) in [5, 5.41) is 10.3. The normalized spacial score (nSPS) is 22.5. The minimum Gasteiger partial charge on any atom is -0.491 e. The third kappa shape index (κ3) is 5.76. The fraction of sp³-hybridized carbons (Fsp3) is 0.632. The standard InChI is InChI=1S/C19H29NO3.ClH/c1-4-19(22)16-8-10-18(11-9-16)23-13-17(21)12-20-14(2)6-5-7-15(20)3;/h8-11,14-15,17,21H,4-7,12-13H2,1-3H3;1H. The number of halogens is 1. The van der Waals surface area contributed by atoms with Gasteiger partial charge in [-0.1, -0.05) is 13.3 Å². The third-order valence-electron chi connectivity index (χ3n) is 4.74. The van der Waals surface area contributed by atoms with Gasteiger partial charge in [-0.3, -0.25) is 9.69 Å². The van der Waals surface area contributed by atoms with Crippen molar-refractivity contribution in [1.82, 2.24) is 4.90 Å². The van der Waals surface area contributed by atoms with Crippen LogP contribution >= 0.6 is 12.4 Å². The molecule has 1 aliphatic rings. The van der Waals surface area contributed by atoms with Crippen molar-refractivity contribution in [2.45, 2.75) is 64.6 Å². The molecule has 3 atom stereocenters. The molecule has 1 saturated heterocycles. The first-order valence-electron chi connectivity index (χ1n) is 8.71. The van der Waals surface area contributed by atoms with E-state index >= 15 is 0 Å². The lowest BCUT2D eigenvalue weighted by Crippen LogP contribution is -2.48. The SMILES string of the molecule is CCC(=O)c1ccc(OCC(O)CN2C(C)CCCC2C)cc1.Cl. The number of Topliss-reactive ketones (excluding diaryl/α,β-unsaturated/α-hetero) is 1. The second-order valence-corrected chi connectivity index (χ2v) is 6.59. The molecule has 1 aliphatic heterocycles. The van der Waals surface area contributed by atoms with Crippen LogP contribution in [0.2, 0.25) is 0 Å². The van der Waals surface area contributed by atoms with Crippen molar-refractivity contribution in [3.63, 3.8) is 0 Å². The van der Waals surface area contributed by atoms with E-state index in [1.807, 2.05) is 6.92 Å². The van der Waals surface area contributed by atoms with Crippen LogP contribution in [-0.4, -0.2) is 47.1 Å². The van der Waals surface area contributed by atoms with Crippen LogP contribution in [0.3, 0.4) is 0 Å². The molecule has 1 N–H and O–H groups in total. The van der Waals surface area contributed by atoms with Gasteiger partial charge in [0.15, 0.2) is 5.78 Å². The first-order valence-corrected chi connectivity index (χ1v) is 8.71. The van der Waals surface area contributed by atoms with Crippen molar-refractivity contribution in [3.05, 3.63) is 29.8 Å². The van der Waals surface area contributed by atoms with E-state index in [-0.39, 0.29) is 24.8 Å². The summed E-state index contributed by atoms with van der Waals surface area (Å²) in [4.78, 5) is 14.0. The van der Waals surface area contributed by atoms with Crippen molar-refractivity contribution in [3.8, 4) is 5.75 Å². The maximum absolute atomic E-state index is 11.6. The van der Waals surface area contributed by atoms with Gasteiger partial charge in [0.05, 0.1) is 0 Å². The van der Waals surface area contributed by atoms with Gasteiger partial charge in [0, 0.05) is 30.6 Å². The van der Waals surface area contributed by atoms with Gasteiger partial charge < -0.3 is 9.84 Å². The van der Waals surface area contributed by atoms with E-state index in [0.717, 1.165) is 0 Å². The topological polar surface area (TPSA) is 49.8 Å². The molecule has 0 bridgehead atoms. The van der Waals surface area contributed by atoms with Gasteiger partial charge in [-0.05, 0) is 51.0 Å². The van der Waals surface area contributed by atoms with E-state index < -0.39 is 6.10 Å². The third-order valence-corrected chi connectivity index (χ3v) is 4.74. The Labute approximate surface area is 151 Å². The number of rotatable bonds is 7. The highest BCUT2D eigenvalue weighted by atomic mass is 35.5. The molecule has 1 fully saturated rings. The lowest BCUT2D eigenvalue weighted by atomic mass is 9.97. The molecule has 4 nitrogen and oxygen atoms in total. The number of likely N-dealkylation sites (tertiary alicyclic amines) is 1. The van der Waals surface area contributed by atoms with Gasteiger partial charge in [0.25, 0.3) is 0 Å². The van der Waals surface area contributed by atoms with E-state index in [1.54, 1.807) is 24.3 Å². The van der Waals surface area contributed by atoms with Gasteiger partial charge in [-0.15, -0.1) is 12.4 Å². The highest BCUT2D eigenvalue weighted by molar-refractivity contribution is 5.95. The maximum Gasteiger partial charge on any atom is 0.162 e. The molecule has 0 aliphatic carbocycles. The Balaban J connectivity index is 0.00000288. The summed E-state index contributed by atoms with van der Waals surface area (Å²) >= 11 is 0. The Morgan fingerprint density at radius 1 is 1.25 bits per heavy atom. The molecule has 5 heteroatoms. The number of aliphatic hydroxyl groups is 1. The Kier molecular flexibility index (Phi) is 8.74. The van der Waals surface area contributed by atoms with E-state index in [9.17, 15) is 9.90 Å². The molecular weight excluding hydrogens is 326 g/mol. The molecule has 1 heterocycles. The maximum atomic E-state index is 11.6. The molecule has 24 heavy (non-hydrogen) atoms. The zero-order valence-electron chi connectivity index (χ0n) is 14.9. The number of nitrogens with zero attached hydrogens (tertiary/aromatic N) is 1. The second kappa shape index (κ2) is 10.0. The number of hydrogen-bond acceptors (Lipinski definition) is 4. The summed E-state index contributed by atoms with van der Waals surface area (Å²) < 4.78 is 5.66. The molecule has 0 aromatic heterocycles. The lowest BCUT2D eigenvalue weighted by molar-refractivity contribution is 0.0209. The predicted molar refractivity (Wildman–Crippen MR) is 99.3 cm³/mol. The summed E-state index contributed by atoms with van der Waals surface area (Å²) in [5.74, 6) is 0.820. The van der Waals surface area contributed by atoms with E-state index in [1.165, 1.54) is 19.3 Å². The number of carbonyl (C=O) groups is 1. The van der Waals surface area contributed by atoms with E-state index in [2.05, 4.69) is 18.7 Å². The predicted octanol–water partition coefficient (Wildman–Crippen LogP) is 3.70. The molecule has 136 valence electrons. The van der Waals surface area contributed by atoms with Gasteiger partial charge in [0.2, 0.25) is 0 Å². The largest absolute Gasteiger partial charge is 0.491 e. The number of hydrogen-bond donors (Lipinski definition) is 1. The van der Waals surface area contributed by atoms with Crippen LogP contribution in [0.5, 0.6) is 5.75 Å². The zero-order valence-corrected chi connectivity index (χ0v) is 15.7. The lowest BCUT2D eigenvalue weighted by Gasteiger charge is -2.40. The first-order chi connectivity index (χ1) is 11.0. The number of piperidine rings is 1. The Morgan fingerprint density at radius 2 is 1.83 bits per heavy atom. The summed E-state index contributed by atoms with van der Waals surface area (Å²) in [6.45, 7) is 7.23. The number of carbonyl (C=O) groups excluding carboxylic acids is 1. The molecule has 1 aromatic carbocycles. The summed E-state index contributed by atoms with van der Waals surface area (Å²) in [6.07, 6.45) is 3.67. The number of ether oxygens (including phenoxy) is 1. The molecular formula is C19H30ClNO3. The highest BCUT2D eigenvalue weighted by Crippen LogP contribution is 2.22. The van der Waals surface area contributed by atoms with Crippen LogP contribution in [0, 0.1) is 0 Å². The number of β-amino-alcohol motifs (C(OH)–C–C–N with tert-alkyl or cyclic N) is 1. The minimum atomic E-state index is -0.505. The fourth-order valence-electron chi connectivity index (χ4n) is 3.26. The molecule has 3 unspecified atom stereocenters. The van der Waals surface area contributed by atoms with Crippen molar-refractivity contribution in [2.24, 2.45) is 0 Å². The van der Waals surface area contributed by atoms with Gasteiger partial charge in [-0.25, -0.2) is 0 Å². The van der Waals surface area contributed by atoms with Crippen LogP contribution in [0.15, 0.2) is 24.3 Å². The summed E-state index contributed by atoms with van der Waals surface area (Å²) in [5.41, 5.74) is 0.705. The van der Waals surface area contributed by atoms with Crippen LogP contribution < -0.4 is 4.74 Å². The second-order valence-electron chi connectivity index (χ2n) is 6.59. The van der Waals surface area contributed by atoms with Crippen LogP contribution in [0.4, 0.5) is 0 Å². The van der Waals surface area contributed by atoms with Crippen molar-refractivity contribution >= 4 is 18.2 Å². The number of benzene rings is 1. The Morgan fingerprint density at radius 3 is 2.38 bits per heavy atom. The Hall–Kier alpha value is -1.10. The Bertz CT molecular complexity index is 496. The van der Waals surface area contributed by atoms with Crippen LogP contribution in [-0.2, 0) is 0 Å². The highest BCUT2D eigenvalue weighted by Gasteiger charge is 2.26. The van der Waals surface area contributed by atoms with Gasteiger partial charge in [0.1, 0.15) is 18.5 Å². The average Bonchev–Trinajstić information content (AvgIpc) is 2.56. The molecule has 0 spiro atoms. The van der Waals surface area contributed by atoms with Crippen LogP contribution in [0.25, 0.3) is 0 Å². The monoisotopic (exact) mass is 355 g/mol.